The van der Waals surface area contributed by atoms with Crippen LogP contribution in [0, 0.1) is 11.8 Å². The number of carboxylic acid groups (broad SMARTS) is 1. The van der Waals surface area contributed by atoms with Crippen molar-refractivity contribution in [2.24, 2.45) is 11.8 Å². The van der Waals surface area contributed by atoms with Gasteiger partial charge in [-0.15, -0.1) is 0 Å². The number of hydrogen-bond donors (Lipinski definition) is 2. The average molecular weight is 479 g/mol. The molecule has 2 aliphatic rings. The van der Waals surface area contributed by atoms with E-state index in [1.54, 1.807) is 4.90 Å². The van der Waals surface area contributed by atoms with Crippen LogP contribution in [0.4, 0.5) is 4.79 Å². The van der Waals surface area contributed by atoms with Crippen molar-refractivity contribution in [2.45, 2.75) is 51.5 Å². The molecule has 0 saturated heterocycles. The molecular weight excluding hydrogens is 444 g/mol. The smallest absolute Gasteiger partial charge is 0.407 e. The lowest BCUT2D eigenvalue weighted by Crippen LogP contribution is -2.44. The van der Waals surface area contributed by atoms with Gasteiger partial charge in [0.05, 0.1) is 6.42 Å². The van der Waals surface area contributed by atoms with Crippen molar-refractivity contribution in [2.75, 3.05) is 19.7 Å². The molecule has 0 aromatic heterocycles. The van der Waals surface area contributed by atoms with E-state index in [-0.39, 0.29) is 49.3 Å². The van der Waals surface area contributed by atoms with E-state index in [9.17, 15) is 14.4 Å². The molecule has 2 N–H and O–H groups in total. The molecule has 0 spiro atoms. The first-order chi connectivity index (χ1) is 16.9. The number of carboxylic acids is 1. The Balaban J connectivity index is 1.32. The summed E-state index contributed by atoms with van der Waals surface area (Å²) < 4.78 is 5.64. The van der Waals surface area contributed by atoms with Crippen LogP contribution >= 0.6 is 0 Å². The van der Waals surface area contributed by atoms with Gasteiger partial charge in [0.2, 0.25) is 5.91 Å². The largest absolute Gasteiger partial charge is 0.481 e. The normalized spacial score (nSPS) is 18.7. The van der Waals surface area contributed by atoms with Gasteiger partial charge in [-0.05, 0) is 54.9 Å². The number of alkyl carbamates (subject to hydrolysis) is 1. The molecule has 35 heavy (non-hydrogen) atoms. The number of benzene rings is 2. The summed E-state index contributed by atoms with van der Waals surface area (Å²) >= 11 is 0. The fourth-order valence-electron chi connectivity index (χ4n) is 5.52. The highest BCUT2D eigenvalue weighted by atomic mass is 16.5. The van der Waals surface area contributed by atoms with Crippen molar-refractivity contribution in [1.82, 2.24) is 10.2 Å². The Labute approximate surface area is 206 Å². The number of carbonyl (C=O) groups is 3. The van der Waals surface area contributed by atoms with Gasteiger partial charge < -0.3 is 20.1 Å². The molecule has 2 amide bonds. The summed E-state index contributed by atoms with van der Waals surface area (Å²) in [6.07, 6.45) is 1.98. The Morgan fingerprint density at radius 1 is 1.03 bits per heavy atom. The molecule has 186 valence electrons. The predicted octanol–water partition coefficient (Wildman–Crippen LogP) is 4.65. The Bertz CT molecular complexity index is 1040. The fourth-order valence-corrected chi connectivity index (χ4v) is 5.52. The maximum Gasteiger partial charge on any atom is 0.407 e. The molecule has 0 aliphatic heterocycles. The summed E-state index contributed by atoms with van der Waals surface area (Å²) in [4.78, 5) is 38.4. The second-order valence-electron chi connectivity index (χ2n) is 9.77. The van der Waals surface area contributed by atoms with Crippen LogP contribution in [0.2, 0.25) is 0 Å². The Morgan fingerprint density at radius 2 is 1.66 bits per heavy atom. The highest BCUT2D eigenvalue weighted by Gasteiger charge is 2.36. The lowest BCUT2D eigenvalue weighted by Gasteiger charge is -2.31. The van der Waals surface area contributed by atoms with Gasteiger partial charge in [-0.25, -0.2) is 4.79 Å². The highest BCUT2D eigenvalue weighted by Crippen LogP contribution is 2.44. The number of ether oxygens (including phenoxy) is 1. The van der Waals surface area contributed by atoms with Gasteiger partial charge in [0.15, 0.2) is 0 Å². The van der Waals surface area contributed by atoms with Gasteiger partial charge in [0.1, 0.15) is 6.61 Å². The Morgan fingerprint density at radius 3 is 2.26 bits per heavy atom. The summed E-state index contributed by atoms with van der Waals surface area (Å²) in [6, 6.07) is 16.3. The van der Waals surface area contributed by atoms with Crippen LogP contribution < -0.4 is 5.32 Å². The van der Waals surface area contributed by atoms with Gasteiger partial charge in [-0.3, -0.25) is 9.59 Å². The van der Waals surface area contributed by atoms with E-state index >= 15 is 0 Å². The van der Waals surface area contributed by atoms with Crippen LogP contribution in [0.5, 0.6) is 0 Å². The van der Waals surface area contributed by atoms with Crippen molar-refractivity contribution in [1.29, 1.82) is 0 Å². The fraction of sp³-hybridized carbons (Fsp3) is 0.464. The van der Waals surface area contributed by atoms with Crippen LogP contribution in [0.1, 0.15) is 56.6 Å². The molecule has 7 heteroatoms. The molecule has 2 atom stereocenters. The minimum absolute atomic E-state index is 0.00259. The minimum Gasteiger partial charge on any atom is -0.481 e. The first-order valence-corrected chi connectivity index (χ1v) is 12.5. The zero-order valence-corrected chi connectivity index (χ0v) is 20.4. The minimum atomic E-state index is -0.914. The van der Waals surface area contributed by atoms with Crippen LogP contribution in [-0.4, -0.2) is 53.7 Å². The van der Waals surface area contributed by atoms with E-state index in [0.717, 1.165) is 30.4 Å². The number of nitrogens with zero attached hydrogens (tertiary/aromatic N) is 1. The molecule has 2 aromatic carbocycles. The van der Waals surface area contributed by atoms with Crippen LogP contribution in [0.3, 0.4) is 0 Å². The van der Waals surface area contributed by atoms with Crippen LogP contribution in [-0.2, 0) is 14.3 Å². The number of hydrogen-bond acceptors (Lipinski definition) is 4. The van der Waals surface area contributed by atoms with Crippen molar-refractivity contribution in [3.05, 3.63) is 59.7 Å². The molecular formula is C28H34N2O5. The first-order valence-electron chi connectivity index (χ1n) is 12.5. The summed E-state index contributed by atoms with van der Waals surface area (Å²) in [6.45, 7) is 4.63. The van der Waals surface area contributed by atoms with E-state index in [4.69, 9.17) is 9.84 Å². The van der Waals surface area contributed by atoms with E-state index in [1.165, 1.54) is 11.1 Å². The van der Waals surface area contributed by atoms with E-state index in [0.29, 0.717) is 6.54 Å². The van der Waals surface area contributed by atoms with Gasteiger partial charge in [-0.1, -0.05) is 55.0 Å². The van der Waals surface area contributed by atoms with Gasteiger partial charge in [0.25, 0.3) is 0 Å². The number of carbonyl (C=O) groups excluding carboxylic acids is 2. The summed E-state index contributed by atoms with van der Waals surface area (Å²) in [5.41, 5.74) is 4.69. The topological polar surface area (TPSA) is 95.9 Å². The number of nitrogens with one attached hydrogen (secondary N) is 1. The Hall–Kier alpha value is -3.35. The van der Waals surface area contributed by atoms with Crippen LogP contribution in [0.15, 0.2) is 48.5 Å². The third-order valence-electron chi connectivity index (χ3n) is 7.30. The monoisotopic (exact) mass is 478 g/mol. The molecule has 0 radical (unpaired) electrons. The number of rotatable bonds is 9. The quantitative estimate of drug-likeness (QED) is 0.547. The molecule has 7 nitrogen and oxygen atoms in total. The van der Waals surface area contributed by atoms with Crippen LogP contribution in [0.25, 0.3) is 11.1 Å². The second kappa shape index (κ2) is 10.9. The van der Waals surface area contributed by atoms with Crippen molar-refractivity contribution < 1.29 is 24.2 Å². The third-order valence-corrected chi connectivity index (χ3v) is 7.30. The molecule has 2 aromatic rings. The standard InChI is InChI=1S/C28H34N2O5/c1-18(2)30(15-14-26(31)32)27(33)20-13-7-8-19(20)16-29-28(34)35-17-25-23-11-5-3-9-21(23)22-10-4-6-12-24(22)25/h3-6,9-12,18-20,25H,7-8,13-17H2,1-2H3,(H,29,34)(H,31,32)/t19-,20-/m0/s1. The van der Waals surface area contributed by atoms with Gasteiger partial charge >= 0.3 is 12.1 Å². The molecule has 0 heterocycles. The predicted molar refractivity (Wildman–Crippen MR) is 133 cm³/mol. The number of fused-ring (bicyclic) bond motifs is 3. The number of amides is 2. The zero-order valence-electron chi connectivity index (χ0n) is 20.4. The lowest BCUT2D eigenvalue weighted by molar-refractivity contribution is -0.141. The molecule has 2 aliphatic carbocycles. The SMILES string of the molecule is CC(C)N(CCC(=O)O)C(=O)[C@H]1CCC[C@H]1CNC(=O)OCC1c2ccccc2-c2ccccc21. The maximum absolute atomic E-state index is 13.2. The highest BCUT2D eigenvalue weighted by molar-refractivity contribution is 5.81. The summed E-state index contributed by atoms with van der Waals surface area (Å²) in [5, 5.41) is 11.9. The van der Waals surface area contributed by atoms with Gasteiger partial charge in [0, 0.05) is 31.0 Å². The third kappa shape index (κ3) is 5.50. The molecule has 1 saturated carbocycles. The zero-order chi connectivity index (χ0) is 24.9. The molecule has 0 unspecified atom stereocenters. The number of aliphatic carboxylic acids is 1. The first kappa shape index (κ1) is 24.8. The summed E-state index contributed by atoms with van der Waals surface area (Å²) in [7, 11) is 0. The maximum atomic E-state index is 13.2. The van der Waals surface area contributed by atoms with Crippen molar-refractivity contribution in [3.8, 4) is 11.1 Å². The van der Waals surface area contributed by atoms with E-state index in [2.05, 4.69) is 29.6 Å². The molecule has 0 bridgehead atoms. The molecule has 4 rings (SSSR count). The van der Waals surface area contributed by atoms with Crippen molar-refractivity contribution in [3.63, 3.8) is 0 Å². The van der Waals surface area contributed by atoms with Gasteiger partial charge in [-0.2, -0.15) is 0 Å². The van der Waals surface area contributed by atoms with E-state index < -0.39 is 12.1 Å². The second-order valence-corrected chi connectivity index (χ2v) is 9.77. The van der Waals surface area contributed by atoms with Crippen molar-refractivity contribution >= 4 is 18.0 Å². The lowest BCUT2D eigenvalue weighted by atomic mass is 9.94. The average Bonchev–Trinajstić information content (AvgIpc) is 3.44. The Kier molecular flexibility index (Phi) is 7.73. The molecule has 1 fully saturated rings. The summed E-state index contributed by atoms with van der Waals surface area (Å²) in [5.74, 6) is -1.11. The van der Waals surface area contributed by atoms with E-state index in [1.807, 2.05) is 38.1 Å².